The minimum Gasteiger partial charge on any atom is -0.507 e. The van der Waals surface area contributed by atoms with Crippen LogP contribution >= 0.6 is 0 Å². The van der Waals surface area contributed by atoms with Gasteiger partial charge in [0.2, 0.25) is 17.7 Å². The number of nitrogens with zero attached hydrogens (tertiary/aromatic N) is 5. The SMILES string of the molecule is O=C1CC[C@H](c2ccc(N3CCC(CCN4CC5CCC(C4)C5C(=O)NCC4(c5ccccc5)CCN(c5cnnc(-c6ccccc6O)c5)CC4)CC3)cc2)C(=O)N1. The number of rotatable bonds is 11. The number of hydrogen-bond acceptors (Lipinski definition) is 9. The number of benzene rings is 3. The molecule has 1 aliphatic carbocycles. The van der Waals surface area contributed by atoms with E-state index in [-0.39, 0.29) is 40.7 Å². The van der Waals surface area contributed by atoms with E-state index in [1.165, 1.54) is 30.5 Å². The zero-order chi connectivity index (χ0) is 40.3. The molecule has 308 valence electrons. The van der Waals surface area contributed by atoms with Crippen molar-refractivity contribution in [1.29, 1.82) is 0 Å². The predicted molar refractivity (Wildman–Crippen MR) is 229 cm³/mol. The number of carbonyl (C=O) groups is 3. The van der Waals surface area contributed by atoms with Gasteiger partial charge in [-0.15, -0.1) is 0 Å². The van der Waals surface area contributed by atoms with Crippen LogP contribution in [0.4, 0.5) is 11.4 Å². The summed E-state index contributed by atoms with van der Waals surface area (Å²) in [5.74, 6) is 1.49. The smallest absolute Gasteiger partial charge is 0.234 e. The first-order valence-electron chi connectivity index (χ1n) is 21.9. The number of aromatic nitrogens is 2. The average Bonchev–Trinajstić information content (AvgIpc) is 3.55. The Hall–Kier alpha value is -5.29. The molecule has 5 fully saturated rings. The molecule has 3 N–H and O–H groups in total. The number of para-hydroxylation sites is 1. The third-order valence-electron chi connectivity index (χ3n) is 14.5. The van der Waals surface area contributed by atoms with Gasteiger partial charge in [-0.25, -0.2) is 0 Å². The molecule has 2 bridgehead atoms. The maximum atomic E-state index is 14.1. The molecule has 4 saturated heterocycles. The number of anilines is 2. The predicted octanol–water partition coefficient (Wildman–Crippen LogP) is 6.29. The highest BCUT2D eigenvalue weighted by Gasteiger charge is 2.46. The number of phenols is 1. The fourth-order valence-corrected chi connectivity index (χ4v) is 11.0. The Morgan fingerprint density at radius 3 is 2.22 bits per heavy atom. The molecule has 4 aromatic rings. The first-order valence-corrected chi connectivity index (χ1v) is 21.9. The van der Waals surface area contributed by atoms with Gasteiger partial charge in [0.1, 0.15) is 5.75 Å². The molecular formula is C48H57N7O4. The fraction of sp³-hybridized carbons (Fsp3) is 0.479. The topological polar surface area (TPSA) is 131 Å². The van der Waals surface area contributed by atoms with Crippen molar-refractivity contribution in [2.45, 2.75) is 69.1 Å². The Morgan fingerprint density at radius 1 is 0.814 bits per heavy atom. The monoisotopic (exact) mass is 795 g/mol. The molecule has 2 unspecified atom stereocenters. The van der Waals surface area contributed by atoms with E-state index in [1.54, 1.807) is 12.3 Å². The summed E-state index contributed by atoms with van der Waals surface area (Å²) in [6.07, 6.45) is 10.5. The van der Waals surface area contributed by atoms with Gasteiger partial charge >= 0.3 is 0 Å². The van der Waals surface area contributed by atoms with E-state index < -0.39 is 0 Å². The molecule has 0 spiro atoms. The normalized spacial score (nSPS) is 24.8. The van der Waals surface area contributed by atoms with E-state index >= 15 is 0 Å². The summed E-state index contributed by atoms with van der Waals surface area (Å²) in [6.45, 7) is 7.55. The van der Waals surface area contributed by atoms with Gasteiger partial charge < -0.3 is 25.1 Å². The molecule has 59 heavy (non-hydrogen) atoms. The molecule has 4 aliphatic heterocycles. The Morgan fingerprint density at radius 2 is 1.51 bits per heavy atom. The van der Waals surface area contributed by atoms with Gasteiger partial charge in [-0.3, -0.25) is 19.7 Å². The third-order valence-corrected chi connectivity index (χ3v) is 14.5. The van der Waals surface area contributed by atoms with Crippen molar-refractivity contribution in [3.63, 3.8) is 0 Å². The lowest BCUT2D eigenvalue weighted by Crippen LogP contribution is -2.52. The van der Waals surface area contributed by atoms with Crippen molar-refractivity contribution in [3.8, 4) is 17.0 Å². The lowest BCUT2D eigenvalue weighted by Gasteiger charge is -2.44. The number of hydrogen-bond donors (Lipinski definition) is 3. The molecule has 9 rings (SSSR count). The number of fused-ring (bicyclic) bond motifs is 2. The molecule has 5 aliphatic rings. The zero-order valence-electron chi connectivity index (χ0n) is 34.0. The van der Waals surface area contributed by atoms with Crippen LogP contribution in [0, 0.1) is 23.7 Å². The second kappa shape index (κ2) is 17.1. The Balaban J connectivity index is 0.755. The molecule has 11 nitrogen and oxygen atoms in total. The van der Waals surface area contributed by atoms with Gasteiger partial charge in [0.15, 0.2) is 0 Å². The number of imide groups is 1. The minimum absolute atomic E-state index is 0.0968. The van der Waals surface area contributed by atoms with Crippen molar-refractivity contribution in [2.24, 2.45) is 23.7 Å². The first kappa shape index (κ1) is 39.2. The number of piperidine rings is 4. The molecule has 1 aromatic heterocycles. The number of phenolic OH excluding ortho intramolecular Hbond substituents is 1. The molecule has 5 heterocycles. The van der Waals surface area contributed by atoms with Crippen LogP contribution in [0.3, 0.4) is 0 Å². The average molecular weight is 796 g/mol. The Labute approximate surface area is 347 Å². The van der Waals surface area contributed by atoms with E-state index in [0.717, 1.165) is 82.7 Å². The van der Waals surface area contributed by atoms with Crippen LogP contribution in [0.1, 0.15) is 74.8 Å². The van der Waals surface area contributed by atoms with Gasteiger partial charge in [-0.2, -0.15) is 10.2 Å². The summed E-state index contributed by atoms with van der Waals surface area (Å²) in [5, 5.41) is 25.0. The van der Waals surface area contributed by atoms with Crippen LogP contribution in [0.15, 0.2) is 91.1 Å². The van der Waals surface area contributed by atoms with Crippen LogP contribution in [0.5, 0.6) is 5.75 Å². The fourth-order valence-electron chi connectivity index (χ4n) is 11.0. The minimum atomic E-state index is -0.242. The first-order chi connectivity index (χ1) is 28.8. The van der Waals surface area contributed by atoms with Crippen LogP contribution in [0.25, 0.3) is 11.3 Å². The molecule has 3 aromatic carbocycles. The zero-order valence-corrected chi connectivity index (χ0v) is 34.0. The molecule has 1 saturated carbocycles. The highest BCUT2D eigenvalue weighted by Crippen LogP contribution is 2.43. The summed E-state index contributed by atoms with van der Waals surface area (Å²) >= 11 is 0. The van der Waals surface area contributed by atoms with Crippen LogP contribution in [-0.4, -0.2) is 90.3 Å². The van der Waals surface area contributed by atoms with Crippen LogP contribution in [-0.2, 0) is 19.8 Å². The lowest BCUT2D eigenvalue weighted by molar-refractivity contribution is -0.134. The van der Waals surface area contributed by atoms with Gasteiger partial charge in [-0.05, 0) is 117 Å². The summed E-state index contributed by atoms with van der Waals surface area (Å²) in [7, 11) is 0. The second-order valence-corrected chi connectivity index (χ2v) is 17.9. The number of aromatic hydroxyl groups is 1. The number of carbonyl (C=O) groups excluding carboxylic acids is 3. The maximum absolute atomic E-state index is 14.1. The molecular weight excluding hydrogens is 739 g/mol. The van der Waals surface area contributed by atoms with Gasteiger partial charge in [-0.1, -0.05) is 54.6 Å². The summed E-state index contributed by atoms with van der Waals surface area (Å²) in [4.78, 5) is 45.5. The third kappa shape index (κ3) is 8.44. The van der Waals surface area contributed by atoms with Crippen molar-refractivity contribution >= 4 is 29.1 Å². The second-order valence-electron chi connectivity index (χ2n) is 17.9. The van der Waals surface area contributed by atoms with Crippen molar-refractivity contribution < 1.29 is 19.5 Å². The van der Waals surface area contributed by atoms with Gasteiger partial charge in [0.05, 0.1) is 23.5 Å². The lowest BCUT2D eigenvalue weighted by atomic mass is 9.72. The van der Waals surface area contributed by atoms with E-state index in [1.807, 2.05) is 24.3 Å². The van der Waals surface area contributed by atoms with E-state index in [4.69, 9.17) is 0 Å². The van der Waals surface area contributed by atoms with E-state index in [9.17, 15) is 19.5 Å². The Bertz CT molecular complexity index is 2100. The maximum Gasteiger partial charge on any atom is 0.234 e. The summed E-state index contributed by atoms with van der Waals surface area (Å²) < 4.78 is 0. The van der Waals surface area contributed by atoms with Crippen molar-refractivity contribution in [2.75, 3.05) is 62.2 Å². The van der Waals surface area contributed by atoms with E-state index in [0.29, 0.717) is 48.4 Å². The highest BCUT2D eigenvalue weighted by atomic mass is 16.3. The number of nitrogens with one attached hydrogen (secondary N) is 2. The quantitative estimate of drug-likeness (QED) is 0.150. The van der Waals surface area contributed by atoms with Gasteiger partial charge in [0.25, 0.3) is 0 Å². The molecule has 3 atom stereocenters. The summed E-state index contributed by atoms with van der Waals surface area (Å²) in [6, 6.07) is 28.4. The molecule has 3 amide bonds. The standard InChI is InChI=1S/C48H57N7O4/c56-43-9-5-4-8-41(43)42-28-39(29-50-52-42)55-26-21-48(22-27-55,37-6-2-1-3-7-37)32-49-47(59)45-35-10-11-36(45)31-53(30-35)23-18-33-19-24-54(25-20-33)38-14-12-34(13-15-38)40-16-17-44(57)51-46(40)58/h1-9,12-15,28-29,33,35-36,40,45,56H,10-11,16-27,30-32H2,(H,49,59)(H,51,57,58)/t35?,36?,40-,45?/m1/s1. The van der Waals surface area contributed by atoms with Gasteiger partial charge in [0, 0.05) is 74.8 Å². The van der Waals surface area contributed by atoms with E-state index in [2.05, 4.69) is 90.1 Å². The molecule has 0 radical (unpaired) electrons. The largest absolute Gasteiger partial charge is 0.507 e. The number of amides is 3. The van der Waals surface area contributed by atoms with Crippen molar-refractivity contribution in [3.05, 3.63) is 102 Å². The highest BCUT2D eigenvalue weighted by molar-refractivity contribution is 6.01. The Kier molecular flexibility index (Phi) is 11.4. The van der Waals surface area contributed by atoms with Crippen LogP contribution < -0.4 is 20.4 Å². The van der Waals surface area contributed by atoms with Crippen LogP contribution in [0.2, 0.25) is 0 Å². The van der Waals surface area contributed by atoms with Crippen molar-refractivity contribution in [1.82, 2.24) is 25.7 Å². The summed E-state index contributed by atoms with van der Waals surface area (Å²) in [5.41, 5.74) is 5.65. The molecule has 11 heteroatoms. The number of likely N-dealkylation sites (tertiary alicyclic amines) is 1.